The molecule has 2 rings (SSSR count). The van der Waals surface area contributed by atoms with Crippen molar-refractivity contribution in [2.75, 3.05) is 11.9 Å². The van der Waals surface area contributed by atoms with Gasteiger partial charge in [-0.3, -0.25) is 9.78 Å². The average molecular weight is 244 g/mol. The Morgan fingerprint density at radius 3 is 2.94 bits per heavy atom. The minimum Gasteiger partial charge on any atom is -0.481 e. The standard InChI is InChI=1S/C14H16N2O2/c1-10(14(17)18)6-8-15-13-7-9-16-12-5-3-2-4-11(12)13/h2-5,7,9-10H,6,8H2,1H3,(H,15,16)(H,17,18). The summed E-state index contributed by atoms with van der Waals surface area (Å²) in [5.41, 5.74) is 1.94. The molecule has 0 aliphatic carbocycles. The van der Waals surface area contributed by atoms with Crippen LogP contribution in [0.4, 0.5) is 5.69 Å². The lowest BCUT2D eigenvalue weighted by atomic mass is 10.1. The van der Waals surface area contributed by atoms with E-state index in [9.17, 15) is 4.79 Å². The number of hydrogen-bond donors (Lipinski definition) is 2. The van der Waals surface area contributed by atoms with E-state index in [2.05, 4.69) is 10.3 Å². The van der Waals surface area contributed by atoms with Crippen molar-refractivity contribution in [1.82, 2.24) is 4.98 Å². The maximum absolute atomic E-state index is 10.7. The number of aliphatic carboxylic acids is 1. The monoisotopic (exact) mass is 244 g/mol. The number of carboxylic acid groups (broad SMARTS) is 1. The molecule has 0 radical (unpaired) electrons. The van der Waals surface area contributed by atoms with Gasteiger partial charge in [-0.25, -0.2) is 0 Å². The Morgan fingerprint density at radius 1 is 1.39 bits per heavy atom. The van der Waals surface area contributed by atoms with E-state index in [4.69, 9.17) is 5.11 Å². The van der Waals surface area contributed by atoms with Gasteiger partial charge in [0.15, 0.2) is 0 Å². The van der Waals surface area contributed by atoms with Gasteiger partial charge < -0.3 is 10.4 Å². The van der Waals surface area contributed by atoms with E-state index in [1.165, 1.54) is 0 Å². The Hall–Kier alpha value is -2.10. The van der Waals surface area contributed by atoms with Gasteiger partial charge in [-0.2, -0.15) is 0 Å². The minimum atomic E-state index is -0.753. The first kappa shape index (κ1) is 12.4. The molecule has 0 aliphatic heterocycles. The van der Waals surface area contributed by atoms with E-state index in [1.807, 2.05) is 30.3 Å². The number of anilines is 1. The Balaban J connectivity index is 2.06. The molecule has 0 fully saturated rings. The molecule has 0 saturated carbocycles. The first-order chi connectivity index (χ1) is 8.68. The average Bonchev–Trinajstić information content (AvgIpc) is 2.38. The number of pyridine rings is 1. The molecule has 0 amide bonds. The smallest absolute Gasteiger partial charge is 0.306 e. The maximum Gasteiger partial charge on any atom is 0.306 e. The van der Waals surface area contributed by atoms with Crippen LogP contribution in [0.15, 0.2) is 36.5 Å². The molecule has 0 spiro atoms. The van der Waals surface area contributed by atoms with Crippen LogP contribution >= 0.6 is 0 Å². The van der Waals surface area contributed by atoms with Gasteiger partial charge in [-0.15, -0.1) is 0 Å². The van der Waals surface area contributed by atoms with Crippen molar-refractivity contribution in [2.45, 2.75) is 13.3 Å². The van der Waals surface area contributed by atoms with E-state index in [-0.39, 0.29) is 5.92 Å². The van der Waals surface area contributed by atoms with E-state index in [0.717, 1.165) is 16.6 Å². The summed E-state index contributed by atoms with van der Waals surface area (Å²) in [6, 6.07) is 9.79. The minimum absolute atomic E-state index is 0.328. The zero-order valence-corrected chi connectivity index (χ0v) is 10.3. The van der Waals surface area contributed by atoms with Crippen LogP contribution in [0, 0.1) is 5.92 Å². The molecule has 0 bridgehead atoms. The van der Waals surface area contributed by atoms with Crippen molar-refractivity contribution in [3.63, 3.8) is 0 Å². The normalized spacial score (nSPS) is 12.3. The SMILES string of the molecule is CC(CCNc1ccnc2ccccc12)C(=O)O. The van der Waals surface area contributed by atoms with E-state index < -0.39 is 5.97 Å². The second-order valence-electron chi connectivity index (χ2n) is 4.33. The molecule has 4 nitrogen and oxygen atoms in total. The highest BCUT2D eigenvalue weighted by Gasteiger charge is 2.10. The summed E-state index contributed by atoms with van der Waals surface area (Å²) in [7, 11) is 0. The van der Waals surface area contributed by atoms with Crippen molar-refractivity contribution >= 4 is 22.6 Å². The summed E-state index contributed by atoms with van der Waals surface area (Å²) in [6.07, 6.45) is 2.36. The van der Waals surface area contributed by atoms with Crippen LogP contribution in [-0.2, 0) is 4.79 Å². The van der Waals surface area contributed by atoms with Gasteiger partial charge >= 0.3 is 5.97 Å². The highest BCUT2D eigenvalue weighted by atomic mass is 16.4. The van der Waals surface area contributed by atoms with Gasteiger partial charge in [0.25, 0.3) is 0 Å². The molecule has 0 saturated heterocycles. The van der Waals surface area contributed by atoms with Crippen molar-refractivity contribution in [3.05, 3.63) is 36.5 Å². The molecule has 2 N–H and O–H groups in total. The fraction of sp³-hybridized carbons (Fsp3) is 0.286. The van der Waals surface area contributed by atoms with Gasteiger partial charge in [-0.05, 0) is 18.6 Å². The number of benzene rings is 1. The molecular formula is C14H16N2O2. The Kier molecular flexibility index (Phi) is 3.77. The summed E-state index contributed by atoms with van der Waals surface area (Å²) in [6.45, 7) is 2.36. The Morgan fingerprint density at radius 2 is 2.17 bits per heavy atom. The summed E-state index contributed by atoms with van der Waals surface area (Å²) >= 11 is 0. The van der Waals surface area contributed by atoms with Gasteiger partial charge in [0.1, 0.15) is 0 Å². The number of rotatable bonds is 5. The zero-order valence-electron chi connectivity index (χ0n) is 10.3. The number of nitrogens with zero attached hydrogens (tertiary/aromatic N) is 1. The fourth-order valence-electron chi connectivity index (χ4n) is 1.80. The van der Waals surface area contributed by atoms with Crippen LogP contribution < -0.4 is 5.32 Å². The predicted octanol–water partition coefficient (Wildman–Crippen LogP) is 2.76. The third-order valence-electron chi connectivity index (χ3n) is 2.96. The molecular weight excluding hydrogens is 228 g/mol. The molecule has 94 valence electrons. The van der Waals surface area contributed by atoms with E-state index in [1.54, 1.807) is 13.1 Å². The van der Waals surface area contributed by atoms with E-state index >= 15 is 0 Å². The number of carbonyl (C=O) groups is 1. The van der Waals surface area contributed by atoms with Crippen molar-refractivity contribution in [1.29, 1.82) is 0 Å². The first-order valence-electron chi connectivity index (χ1n) is 5.99. The zero-order chi connectivity index (χ0) is 13.0. The highest BCUT2D eigenvalue weighted by Crippen LogP contribution is 2.20. The van der Waals surface area contributed by atoms with Crippen LogP contribution in [0.3, 0.4) is 0 Å². The van der Waals surface area contributed by atoms with Gasteiger partial charge in [-0.1, -0.05) is 25.1 Å². The number of hydrogen-bond acceptors (Lipinski definition) is 3. The molecule has 18 heavy (non-hydrogen) atoms. The second kappa shape index (κ2) is 5.49. The van der Waals surface area contributed by atoms with Crippen molar-refractivity contribution in [2.24, 2.45) is 5.92 Å². The predicted molar refractivity (Wildman–Crippen MR) is 71.6 cm³/mol. The number of carboxylic acids is 1. The maximum atomic E-state index is 10.7. The van der Waals surface area contributed by atoms with E-state index in [0.29, 0.717) is 13.0 Å². The summed E-state index contributed by atoms with van der Waals surface area (Å²) in [4.78, 5) is 15.0. The first-order valence-corrected chi connectivity index (χ1v) is 5.99. The number of fused-ring (bicyclic) bond motifs is 1. The summed E-state index contributed by atoms with van der Waals surface area (Å²) in [5, 5.41) is 13.1. The van der Waals surface area contributed by atoms with Crippen LogP contribution in [0.25, 0.3) is 10.9 Å². The topological polar surface area (TPSA) is 62.2 Å². The molecule has 1 heterocycles. The second-order valence-corrected chi connectivity index (χ2v) is 4.33. The van der Waals surface area contributed by atoms with Crippen LogP contribution in [-0.4, -0.2) is 22.6 Å². The summed E-state index contributed by atoms with van der Waals surface area (Å²) in [5.74, 6) is -1.08. The van der Waals surface area contributed by atoms with Crippen LogP contribution in [0.2, 0.25) is 0 Å². The third-order valence-corrected chi connectivity index (χ3v) is 2.96. The molecule has 1 aromatic carbocycles. The number of nitrogens with one attached hydrogen (secondary N) is 1. The van der Waals surface area contributed by atoms with Crippen molar-refractivity contribution in [3.8, 4) is 0 Å². The third kappa shape index (κ3) is 2.77. The van der Waals surface area contributed by atoms with Gasteiger partial charge in [0, 0.05) is 23.8 Å². The molecule has 1 atom stereocenters. The number of aromatic nitrogens is 1. The molecule has 1 aromatic heterocycles. The Bertz CT molecular complexity index is 549. The fourth-order valence-corrected chi connectivity index (χ4v) is 1.80. The Labute approximate surface area is 106 Å². The van der Waals surface area contributed by atoms with Crippen molar-refractivity contribution < 1.29 is 9.90 Å². The number of para-hydroxylation sites is 1. The molecule has 2 aromatic rings. The molecule has 1 unspecified atom stereocenters. The molecule has 0 aliphatic rings. The largest absolute Gasteiger partial charge is 0.481 e. The quantitative estimate of drug-likeness (QED) is 0.849. The summed E-state index contributed by atoms with van der Waals surface area (Å²) < 4.78 is 0. The lowest BCUT2D eigenvalue weighted by molar-refractivity contribution is -0.141. The van der Waals surface area contributed by atoms with Gasteiger partial charge in [0.2, 0.25) is 0 Å². The molecule has 4 heteroatoms. The highest BCUT2D eigenvalue weighted by molar-refractivity contribution is 5.90. The van der Waals surface area contributed by atoms with Crippen LogP contribution in [0.5, 0.6) is 0 Å². The lowest BCUT2D eigenvalue weighted by Gasteiger charge is -2.10. The lowest BCUT2D eigenvalue weighted by Crippen LogP contribution is -2.14. The van der Waals surface area contributed by atoms with Gasteiger partial charge in [0.05, 0.1) is 11.4 Å². The van der Waals surface area contributed by atoms with Crippen LogP contribution in [0.1, 0.15) is 13.3 Å².